The molecule has 1 fully saturated rings. The van der Waals surface area contributed by atoms with E-state index in [9.17, 15) is 0 Å². The lowest BCUT2D eigenvalue weighted by molar-refractivity contribution is 0.120. The fourth-order valence-corrected chi connectivity index (χ4v) is 3.28. The predicted octanol–water partition coefficient (Wildman–Crippen LogP) is 2.38. The quantitative estimate of drug-likeness (QED) is 0.881. The largest absolute Gasteiger partial charge is 0.383 e. The Morgan fingerprint density at radius 1 is 1.25 bits per heavy atom. The summed E-state index contributed by atoms with van der Waals surface area (Å²) < 4.78 is 5.17. The van der Waals surface area contributed by atoms with E-state index in [4.69, 9.17) is 9.72 Å². The summed E-state index contributed by atoms with van der Waals surface area (Å²) in [5.41, 5.74) is 2.94. The van der Waals surface area contributed by atoms with Crippen molar-refractivity contribution in [3.8, 4) is 11.5 Å². The van der Waals surface area contributed by atoms with Gasteiger partial charge in [0.15, 0.2) is 5.82 Å². The molecule has 0 spiro atoms. The molecule has 3 heterocycles. The Morgan fingerprint density at radius 3 is 2.71 bits per heavy atom. The molecular formula is C18H27N5O. The Hall–Kier alpha value is -1.79. The van der Waals surface area contributed by atoms with Crippen LogP contribution in [0.2, 0.25) is 0 Å². The Bertz CT molecular complexity index is 661. The molecule has 3 rings (SSSR count). The summed E-state index contributed by atoms with van der Waals surface area (Å²) in [6.07, 6.45) is 5.20. The normalized spacial score (nSPS) is 16.6. The van der Waals surface area contributed by atoms with Gasteiger partial charge in [0.1, 0.15) is 11.5 Å². The second-order valence-corrected chi connectivity index (χ2v) is 6.71. The zero-order chi connectivity index (χ0) is 16.9. The number of hydrogen-bond acceptors (Lipinski definition) is 5. The van der Waals surface area contributed by atoms with Gasteiger partial charge in [0, 0.05) is 37.7 Å². The van der Waals surface area contributed by atoms with Gasteiger partial charge in [-0.2, -0.15) is 0 Å². The smallest absolute Gasteiger partial charge is 0.156 e. The number of aromatic nitrogens is 4. The molecule has 0 aromatic carbocycles. The first-order valence-corrected chi connectivity index (χ1v) is 8.72. The Labute approximate surface area is 143 Å². The van der Waals surface area contributed by atoms with E-state index in [2.05, 4.69) is 19.9 Å². The van der Waals surface area contributed by atoms with E-state index in [1.165, 1.54) is 12.8 Å². The molecule has 0 radical (unpaired) electrons. The van der Waals surface area contributed by atoms with Crippen LogP contribution in [0.15, 0.2) is 12.3 Å². The van der Waals surface area contributed by atoms with E-state index >= 15 is 0 Å². The Kier molecular flexibility index (Phi) is 5.58. The van der Waals surface area contributed by atoms with Crippen LogP contribution >= 0.6 is 0 Å². The van der Waals surface area contributed by atoms with Crippen molar-refractivity contribution in [3.63, 3.8) is 0 Å². The Morgan fingerprint density at radius 2 is 2.04 bits per heavy atom. The summed E-state index contributed by atoms with van der Waals surface area (Å²) in [5.74, 6) is 2.43. The Balaban J connectivity index is 1.63. The first-order chi connectivity index (χ1) is 11.6. The molecule has 24 heavy (non-hydrogen) atoms. The van der Waals surface area contributed by atoms with E-state index < -0.39 is 0 Å². The van der Waals surface area contributed by atoms with Crippen LogP contribution in [0, 0.1) is 19.8 Å². The van der Waals surface area contributed by atoms with Crippen molar-refractivity contribution in [2.24, 2.45) is 5.92 Å². The van der Waals surface area contributed by atoms with Crippen LogP contribution in [0.25, 0.3) is 11.5 Å². The molecular weight excluding hydrogens is 302 g/mol. The number of imidazole rings is 1. The highest BCUT2D eigenvalue weighted by atomic mass is 16.5. The molecule has 1 aliphatic heterocycles. The maximum absolute atomic E-state index is 5.17. The number of hydrogen-bond donors (Lipinski definition) is 1. The molecule has 0 saturated carbocycles. The third-order valence-corrected chi connectivity index (χ3v) is 4.64. The minimum absolute atomic E-state index is 0.664. The molecule has 0 atom stereocenters. The van der Waals surface area contributed by atoms with Gasteiger partial charge in [0.25, 0.3) is 0 Å². The highest BCUT2D eigenvalue weighted by molar-refractivity contribution is 5.49. The average molecular weight is 329 g/mol. The second kappa shape index (κ2) is 7.85. The summed E-state index contributed by atoms with van der Waals surface area (Å²) in [6, 6.07) is 2.00. The molecule has 0 bridgehead atoms. The van der Waals surface area contributed by atoms with Gasteiger partial charge in [-0.1, -0.05) is 0 Å². The standard InChI is InChI=1S/C18H27N5O/c1-13-10-16(18-19-12-14(2)21-18)22-17(20-13)11-15-4-6-23(7-5-15)8-9-24-3/h10,12,15H,4-9,11H2,1-3H3,(H,19,21). The fourth-order valence-electron chi connectivity index (χ4n) is 3.28. The van der Waals surface area contributed by atoms with Crippen molar-refractivity contribution in [1.29, 1.82) is 0 Å². The number of rotatable bonds is 6. The van der Waals surface area contributed by atoms with Gasteiger partial charge in [-0.05, 0) is 51.8 Å². The lowest BCUT2D eigenvalue weighted by atomic mass is 9.93. The number of aryl methyl sites for hydroxylation is 2. The first-order valence-electron chi connectivity index (χ1n) is 8.72. The minimum Gasteiger partial charge on any atom is -0.383 e. The third-order valence-electron chi connectivity index (χ3n) is 4.64. The number of likely N-dealkylation sites (tertiary alicyclic amines) is 1. The molecule has 1 N–H and O–H groups in total. The fraction of sp³-hybridized carbons (Fsp3) is 0.611. The van der Waals surface area contributed by atoms with E-state index in [1.54, 1.807) is 7.11 Å². The maximum Gasteiger partial charge on any atom is 0.156 e. The summed E-state index contributed by atoms with van der Waals surface area (Å²) in [5, 5.41) is 0. The summed E-state index contributed by atoms with van der Waals surface area (Å²) in [6.45, 7) is 8.17. The molecule has 6 heteroatoms. The average Bonchev–Trinajstić information content (AvgIpc) is 3.00. The van der Waals surface area contributed by atoms with Crippen molar-refractivity contribution in [2.75, 3.05) is 33.4 Å². The SMILES string of the molecule is COCCN1CCC(Cc2nc(C)cc(-c3ncc(C)[nH]3)n2)CC1. The monoisotopic (exact) mass is 329 g/mol. The number of piperidine rings is 1. The zero-order valence-electron chi connectivity index (χ0n) is 14.9. The first kappa shape index (κ1) is 17.0. The topological polar surface area (TPSA) is 66.9 Å². The van der Waals surface area contributed by atoms with Crippen molar-refractivity contribution in [3.05, 3.63) is 29.5 Å². The summed E-state index contributed by atoms with van der Waals surface area (Å²) >= 11 is 0. The number of H-pyrrole nitrogens is 1. The van der Waals surface area contributed by atoms with Gasteiger partial charge in [-0.15, -0.1) is 0 Å². The molecule has 0 aliphatic carbocycles. The van der Waals surface area contributed by atoms with Gasteiger partial charge in [0.05, 0.1) is 6.61 Å². The van der Waals surface area contributed by atoms with Crippen LogP contribution in [-0.4, -0.2) is 58.2 Å². The third kappa shape index (κ3) is 4.39. The van der Waals surface area contributed by atoms with Crippen LogP contribution in [0.1, 0.15) is 30.1 Å². The highest BCUT2D eigenvalue weighted by Gasteiger charge is 2.20. The number of ether oxygens (including phenoxy) is 1. The van der Waals surface area contributed by atoms with E-state index in [0.29, 0.717) is 5.92 Å². The van der Waals surface area contributed by atoms with E-state index in [-0.39, 0.29) is 0 Å². The molecule has 1 saturated heterocycles. The lowest BCUT2D eigenvalue weighted by Crippen LogP contribution is -2.36. The molecule has 2 aromatic heterocycles. The van der Waals surface area contributed by atoms with E-state index in [1.807, 2.05) is 26.1 Å². The predicted molar refractivity (Wildman–Crippen MR) is 93.8 cm³/mol. The summed E-state index contributed by atoms with van der Waals surface area (Å²) in [4.78, 5) is 19.5. The number of nitrogens with zero attached hydrogens (tertiary/aromatic N) is 4. The van der Waals surface area contributed by atoms with Gasteiger partial charge in [0.2, 0.25) is 0 Å². The number of nitrogens with one attached hydrogen (secondary N) is 1. The van der Waals surface area contributed by atoms with Crippen molar-refractivity contribution in [1.82, 2.24) is 24.8 Å². The van der Waals surface area contributed by atoms with Crippen molar-refractivity contribution in [2.45, 2.75) is 33.1 Å². The molecule has 130 valence electrons. The summed E-state index contributed by atoms with van der Waals surface area (Å²) in [7, 11) is 1.76. The number of methoxy groups -OCH3 is 1. The highest BCUT2D eigenvalue weighted by Crippen LogP contribution is 2.22. The molecule has 0 unspecified atom stereocenters. The maximum atomic E-state index is 5.17. The van der Waals surface area contributed by atoms with Gasteiger partial charge in [-0.25, -0.2) is 15.0 Å². The van der Waals surface area contributed by atoms with Crippen molar-refractivity contribution < 1.29 is 4.74 Å². The van der Waals surface area contributed by atoms with E-state index in [0.717, 1.165) is 61.4 Å². The zero-order valence-corrected chi connectivity index (χ0v) is 14.9. The van der Waals surface area contributed by atoms with Gasteiger partial charge < -0.3 is 14.6 Å². The molecule has 2 aromatic rings. The van der Waals surface area contributed by atoms with Crippen LogP contribution < -0.4 is 0 Å². The van der Waals surface area contributed by atoms with Crippen molar-refractivity contribution >= 4 is 0 Å². The van der Waals surface area contributed by atoms with Crippen LogP contribution in [0.4, 0.5) is 0 Å². The van der Waals surface area contributed by atoms with Gasteiger partial charge in [-0.3, -0.25) is 0 Å². The number of aromatic amines is 1. The molecule has 0 amide bonds. The molecule has 6 nitrogen and oxygen atoms in total. The second-order valence-electron chi connectivity index (χ2n) is 6.71. The minimum atomic E-state index is 0.664. The van der Waals surface area contributed by atoms with Crippen LogP contribution in [0.5, 0.6) is 0 Å². The lowest BCUT2D eigenvalue weighted by Gasteiger charge is -2.31. The van der Waals surface area contributed by atoms with Crippen LogP contribution in [-0.2, 0) is 11.2 Å². The van der Waals surface area contributed by atoms with Crippen LogP contribution in [0.3, 0.4) is 0 Å². The molecule has 1 aliphatic rings. The van der Waals surface area contributed by atoms with Gasteiger partial charge >= 0.3 is 0 Å².